The monoisotopic (exact) mass is 273 g/mol. The molecule has 0 heterocycles. The average molecular weight is 274 g/mol. The first kappa shape index (κ1) is 15.4. The van der Waals surface area contributed by atoms with Crippen LogP contribution in [0.1, 0.15) is 32.8 Å². The van der Waals surface area contributed by atoms with Crippen molar-refractivity contribution in [2.75, 3.05) is 6.61 Å². The van der Waals surface area contributed by atoms with Crippen molar-refractivity contribution in [3.8, 4) is 0 Å². The number of hydrogen-bond donors (Lipinski definition) is 2. The van der Waals surface area contributed by atoms with Crippen LogP contribution in [0.15, 0.2) is 18.2 Å². The summed E-state index contributed by atoms with van der Waals surface area (Å²) in [4.78, 5) is 0. The molecule has 0 aromatic heterocycles. The second-order valence-corrected chi connectivity index (χ2v) is 5.97. The van der Waals surface area contributed by atoms with Crippen LogP contribution in [0.3, 0.4) is 0 Å². The van der Waals surface area contributed by atoms with Crippen molar-refractivity contribution in [1.82, 2.24) is 5.32 Å². The summed E-state index contributed by atoms with van der Waals surface area (Å²) in [5.74, 6) is -0.398. The second-order valence-electron chi connectivity index (χ2n) is 5.56. The third-order valence-corrected chi connectivity index (χ3v) is 3.31. The molecule has 1 aromatic carbocycles. The van der Waals surface area contributed by atoms with Gasteiger partial charge in [0.2, 0.25) is 0 Å². The third kappa shape index (κ3) is 4.56. The fourth-order valence-electron chi connectivity index (χ4n) is 1.86. The van der Waals surface area contributed by atoms with Crippen LogP contribution in [0.2, 0.25) is 5.02 Å². The molecule has 4 heteroatoms. The van der Waals surface area contributed by atoms with Crippen molar-refractivity contribution in [2.24, 2.45) is 5.41 Å². The molecule has 1 rings (SSSR count). The Kier molecular flexibility index (Phi) is 5.57. The van der Waals surface area contributed by atoms with Crippen LogP contribution < -0.4 is 5.32 Å². The molecule has 0 spiro atoms. The Balaban J connectivity index is 2.64. The highest BCUT2D eigenvalue weighted by molar-refractivity contribution is 6.30. The molecule has 0 saturated heterocycles. The van der Waals surface area contributed by atoms with E-state index < -0.39 is 5.82 Å². The van der Waals surface area contributed by atoms with Crippen molar-refractivity contribution >= 4 is 11.6 Å². The van der Waals surface area contributed by atoms with E-state index in [1.165, 1.54) is 6.07 Å². The summed E-state index contributed by atoms with van der Waals surface area (Å²) in [5.41, 5.74) is 0.900. The average Bonchev–Trinajstić information content (AvgIpc) is 2.27. The minimum absolute atomic E-state index is 0.0493. The van der Waals surface area contributed by atoms with Gasteiger partial charge in [0, 0.05) is 19.2 Å². The van der Waals surface area contributed by atoms with Gasteiger partial charge in [-0.25, -0.2) is 4.39 Å². The highest BCUT2D eigenvalue weighted by Crippen LogP contribution is 2.22. The lowest BCUT2D eigenvalue weighted by molar-refractivity contribution is 0.196. The molecule has 0 aliphatic carbocycles. The van der Waals surface area contributed by atoms with Gasteiger partial charge in [0.05, 0.1) is 5.02 Å². The molecular weight excluding hydrogens is 253 g/mol. The fourth-order valence-corrected chi connectivity index (χ4v) is 1.98. The Morgan fingerprint density at radius 3 is 2.56 bits per heavy atom. The van der Waals surface area contributed by atoms with Gasteiger partial charge in [-0.2, -0.15) is 0 Å². The first-order valence-electron chi connectivity index (χ1n) is 6.12. The standard InChI is InChI=1S/C14H21ClFNO/c1-14(2,3)13(6-7-18)17-9-10-4-5-11(15)12(16)8-10/h4-5,8,13,17-18H,6-7,9H2,1-3H3. The molecule has 1 aromatic rings. The van der Waals surface area contributed by atoms with Crippen LogP contribution >= 0.6 is 11.6 Å². The SMILES string of the molecule is CC(C)(C)C(CCO)NCc1ccc(Cl)c(F)c1. The van der Waals surface area contributed by atoms with Crippen LogP contribution in [0.25, 0.3) is 0 Å². The largest absolute Gasteiger partial charge is 0.396 e. The Bertz CT molecular complexity index is 390. The van der Waals surface area contributed by atoms with Crippen LogP contribution in [0, 0.1) is 11.2 Å². The van der Waals surface area contributed by atoms with E-state index in [4.69, 9.17) is 16.7 Å². The lowest BCUT2D eigenvalue weighted by Crippen LogP contribution is -2.40. The Labute approximate surface area is 113 Å². The van der Waals surface area contributed by atoms with Gasteiger partial charge in [0.1, 0.15) is 5.82 Å². The molecule has 2 N–H and O–H groups in total. The zero-order valence-corrected chi connectivity index (χ0v) is 11.9. The smallest absolute Gasteiger partial charge is 0.142 e. The lowest BCUT2D eigenvalue weighted by atomic mass is 9.85. The van der Waals surface area contributed by atoms with Gasteiger partial charge in [-0.3, -0.25) is 0 Å². The first-order valence-corrected chi connectivity index (χ1v) is 6.50. The predicted octanol–water partition coefficient (Wildman–Crippen LogP) is 3.37. The zero-order valence-electron chi connectivity index (χ0n) is 11.1. The van der Waals surface area contributed by atoms with E-state index in [2.05, 4.69) is 26.1 Å². The van der Waals surface area contributed by atoms with Gasteiger partial charge < -0.3 is 10.4 Å². The minimum Gasteiger partial charge on any atom is -0.396 e. The summed E-state index contributed by atoms with van der Waals surface area (Å²) in [6.07, 6.45) is 0.680. The lowest BCUT2D eigenvalue weighted by Gasteiger charge is -2.31. The van der Waals surface area contributed by atoms with E-state index in [1.54, 1.807) is 12.1 Å². The van der Waals surface area contributed by atoms with E-state index >= 15 is 0 Å². The molecule has 0 fully saturated rings. The summed E-state index contributed by atoms with van der Waals surface area (Å²) >= 11 is 5.64. The molecular formula is C14H21ClFNO. The van der Waals surface area contributed by atoms with E-state index in [9.17, 15) is 4.39 Å². The normalized spacial score (nSPS) is 13.7. The number of aliphatic hydroxyl groups is 1. The minimum atomic E-state index is -0.398. The fraction of sp³-hybridized carbons (Fsp3) is 0.571. The van der Waals surface area contributed by atoms with Gasteiger partial charge in [0.15, 0.2) is 0 Å². The van der Waals surface area contributed by atoms with Crippen LogP contribution in [-0.2, 0) is 6.54 Å². The number of benzene rings is 1. The summed E-state index contributed by atoms with van der Waals surface area (Å²) in [6, 6.07) is 4.98. The van der Waals surface area contributed by atoms with Crippen molar-refractivity contribution < 1.29 is 9.50 Å². The van der Waals surface area contributed by atoms with E-state index in [1.807, 2.05) is 0 Å². The van der Waals surface area contributed by atoms with Gasteiger partial charge in [-0.15, -0.1) is 0 Å². The summed E-state index contributed by atoms with van der Waals surface area (Å²) in [6.45, 7) is 7.05. The Morgan fingerprint density at radius 1 is 1.39 bits per heavy atom. The molecule has 1 atom stereocenters. The predicted molar refractivity (Wildman–Crippen MR) is 73.2 cm³/mol. The maximum atomic E-state index is 13.3. The van der Waals surface area contributed by atoms with Crippen LogP contribution in [0.4, 0.5) is 4.39 Å². The van der Waals surface area contributed by atoms with Gasteiger partial charge in [-0.1, -0.05) is 38.4 Å². The zero-order chi connectivity index (χ0) is 13.8. The maximum absolute atomic E-state index is 13.3. The van der Waals surface area contributed by atoms with Crippen molar-refractivity contribution in [1.29, 1.82) is 0 Å². The summed E-state index contributed by atoms with van der Waals surface area (Å²) < 4.78 is 13.3. The highest BCUT2D eigenvalue weighted by Gasteiger charge is 2.23. The number of aliphatic hydroxyl groups excluding tert-OH is 1. The number of halogens is 2. The molecule has 1 unspecified atom stereocenters. The number of rotatable bonds is 5. The topological polar surface area (TPSA) is 32.3 Å². The Morgan fingerprint density at radius 2 is 2.06 bits per heavy atom. The van der Waals surface area contributed by atoms with Crippen molar-refractivity contribution in [3.63, 3.8) is 0 Å². The maximum Gasteiger partial charge on any atom is 0.142 e. The van der Waals surface area contributed by atoms with Gasteiger partial charge in [-0.05, 0) is 29.5 Å². The van der Waals surface area contributed by atoms with Gasteiger partial charge in [0.25, 0.3) is 0 Å². The second kappa shape index (κ2) is 6.50. The third-order valence-electron chi connectivity index (χ3n) is 3.00. The van der Waals surface area contributed by atoms with E-state index in [0.29, 0.717) is 13.0 Å². The molecule has 0 saturated carbocycles. The summed E-state index contributed by atoms with van der Waals surface area (Å²) in [7, 11) is 0. The van der Waals surface area contributed by atoms with Crippen LogP contribution in [-0.4, -0.2) is 17.8 Å². The van der Waals surface area contributed by atoms with Gasteiger partial charge >= 0.3 is 0 Å². The molecule has 0 radical (unpaired) electrons. The quantitative estimate of drug-likeness (QED) is 0.862. The molecule has 0 aliphatic heterocycles. The molecule has 0 aliphatic rings. The molecule has 102 valence electrons. The molecule has 2 nitrogen and oxygen atoms in total. The number of hydrogen-bond acceptors (Lipinski definition) is 2. The molecule has 0 bridgehead atoms. The van der Waals surface area contributed by atoms with Crippen molar-refractivity contribution in [2.45, 2.75) is 39.8 Å². The highest BCUT2D eigenvalue weighted by atomic mass is 35.5. The van der Waals surface area contributed by atoms with Crippen molar-refractivity contribution in [3.05, 3.63) is 34.6 Å². The first-order chi connectivity index (χ1) is 8.34. The van der Waals surface area contributed by atoms with E-state index in [-0.39, 0.29) is 23.1 Å². The molecule has 0 amide bonds. The van der Waals surface area contributed by atoms with E-state index in [0.717, 1.165) is 5.56 Å². The number of nitrogens with one attached hydrogen (secondary N) is 1. The Hall–Kier alpha value is -0.640. The summed E-state index contributed by atoms with van der Waals surface area (Å²) in [5, 5.41) is 12.6. The molecule has 18 heavy (non-hydrogen) atoms. The van der Waals surface area contributed by atoms with Crippen LogP contribution in [0.5, 0.6) is 0 Å².